The van der Waals surface area contributed by atoms with Crippen molar-refractivity contribution >= 4 is 11.6 Å². The lowest BCUT2D eigenvalue weighted by Crippen LogP contribution is -2.36. The van der Waals surface area contributed by atoms with E-state index in [1.165, 1.54) is 12.3 Å². The van der Waals surface area contributed by atoms with E-state index >= 15 is 0 Å². The number of carbonyl (C=O) groups excluding carboxylic acids is 1. The summed E-state index contributed by atoms with van der Waals surface area (Å²) in [6, 6.07) is 6.54. The molecule has 1 fully saturated rings. The highest BCUT2D eigenvalue weighted by Gasteiger charge is 2.19. The van der Waals surface area contributed by atoms with E-state index in [2.05, 4.69) is 15.5 Å². The second kappa shape index (κ2) is 6.78. The second-order valence-corrected chi connectivity index (χ2v) is 5.66. The first kappa shape index (κ1) is 15.5. The number of benzene rings is 1. The van der Waals surface area contributed by atoms with Crippen LogP contribution in [0.25, 0.3) is 0 Å². The third-order valence-electron chi connectivity index (χ3n) is 4.02. The van der Waals surface area contributed by atoms with Gasteiger partial charge in [0.15, 0.2) is 0 Å². The van der Waals surface area contributed by atoms with Gasteiger partial charge in [0.05, 0.1) is 11.8 Å². The molecule has 1 aliphatic rings. The van der Waals surface area contributed by atoms with Gasteiger partial charge in [0.1, 0.15) is 11.5 Å². The van der Waals surface area contributed by atoms with Crippen molar-refractivity contribution in [3.05, 3.63) is 47.5 Å². The minimum atomic E-state index is -0.310. The Balaban J connectivity index is 1.61. The van der Waals surface area contributed by atoms with Gasteiger partial charge in [-0.15, -0.1) is 0 Å². The molecule has 0 radical (unpaired) electrons. The summed E-state index contributed by atoms with van der Waals surface area (Å²) >= 11 is 0. The molecule has 3 rings (SSSR count). The number of piperidine rings is 1. The van der Waals surface area contributed by atoms with Crippen molar-refractivity contribution in [3.8, 4) is 0 Å². The smallest absolute Gasteiger partial charge is 0.269 e. The molecule has 2 aromatic rings. The van der Waals surface area contributed by atoms with E-state index in [-0.39, 0.29) is 24.4 Å². The fraction of sp³-hybridized carbons (Fsp3) is 0.375. The van der Waals surface area contributed by atoms with E-state index < -0.39 is 0 Å². The van der Waals surface area contributed by atoms with Crippen LogP contribution in [-0.4, -0.2) is 40.4 Å². The maximum absolute atomic E-state index is 14.3. The molecule has 0 atom stereocenters. The van der Waals surface area contributed by atoms with Gasteiger partial charge in [-0.1, -0.05) is 6.07 Å². The molecular formula is C16H19FN4O2. The Labute approximate surface area is 133 Å². The summed E-state index contributed by atoms with van der Waals surface area (Å²) in [7, 11) is 0. The molecule has 23 heavy (non-hydrogen) atoms. The average molecular weight is 318 g/mol. The number of carbonyl (C=O) groups is 1. The van der Waals surface area contributed by atoms with Crippen molar-refractivity contribution in [1.82, 2.24) is 15.5 Å². The van der Waals surface area contributed by atoms with Gasteiger partial charge < -0.3 is 15.3 Å². The summed E-state index contributed by atoms with van der Waals surface area (Å²) < 4.78 is 14.3. The molecule has 122 valence electrons. The van der Waals surface area contributed by atoms with Gasteiger partial charge in [-0.2, -0.15) is 5.10 Å². The van der Waals surface area contributed by atoms with E-state index in [0.717, 1.165) is 0 Å². The quantitative estimate of drug-likeness (QED) is 0.797. The van der Waals surface area contributed by atoms with E-state index in [0.29, 0.717) is 42.9 Å². The predicted octanol–water partition coefficient (Wildman–Crippen LogP) is 1.44. The molecular weight excluding hydrogens is 299 g/mol. The van der Waals surface area contributed by atoms with Gasteiger partial charge in [0, 0.05) is 25.8 Å². The molecule has 6 nitrogen and oxygen atoms in total. The monoisotopic (exact) mass is 318 g/mol. The van der Waals surface area contributed by atoms with Crippen molar-refractivity contribution in [2.45, 2.75) is 25.5 Å². The molecule has 2 heterocycles. The summed E-state index contributed by atoms with van der Waals surface area (Å²) in [6.45, 7) is 1.54. The normalized spacial score (nSPS) is 15.7. The topological polar surface area (TPSA) is 81.2 Å². The zero-order valence-electron chi connectivity index (χ0n) is 12.6. The van der Waals surface area contributed by atoms with Crippen LogP contribution in [0.1, 0.15) is 28.9 Å². The highest BCUT2D eigenvalue weighted by Crippen LogP contribution is 2.24. The standard InChI is InChI=1S/C16H19FN4O2/c17-13-9-11(10-18-16(23)14-3-6-19-20-14)1-2-15(13)21-7-4-12(22)5-8-21/h1-3,6,9,12,22H,4-5,7-8,10H2,(H,18,23)(H,19,20). The predicted molar refractivity (Wildman–Crippen MR) is 83.6 cm³/mol. The van der Waals surface area contributed by atoms with Gasteiger partial charge in [-0.25, -0.2) is 4.39 Å². The SMILES string of the molecule is O=C(NCc1ccc(N2CCC(O)CC2)c(F)c1)c1ccn[nH]1. The van der Waals surface area contributed by atoms with E-state index in [4.69, 9.17) is 0 Å². The first-order chi connectivity index (χ1) is 11.1. The Kier molecular flexibility index (Phi) is 4.57. The molecule has 0 spiro atoms. The third kappa shape index (κ3) is 3.68. The Bertz CT molecular complexity index is 667. The highest BCUT2D eigenvalue weighted by atomic mass is 19.1. The number of aromatic amines is 1. The van der Waals surface area contributed by atoms with Crippen molar-refractivity contribution in [2.75, 3.05) is 18.0 Å². The number of aliphatic hydroxyl groups is 1. The van der Waals surface area contributed by atoms with Gasteiger partial charge in [0.2, 0.25) is 0 Å². The molecule has 7 heteroatoms. The fourth-order valence-electron chi connectivity index (χ4n) is 2.68. The average Bonchev–Trinajstić information content (AvgIpc) is 3.08. The number of aromatic nitrogens is 2. The van der Waals surface area contributed by atoms with Crippen LogP contribution in [-0.2, 0) is 6.54 Å². The van der Waals surface area contributed by atoms with Crippen molar-refractivity contribution < 1.29 is 14.3 Å². The van der Waals surface area contributed by atoms with Crippen LogP contribution in [0.3, 0.4) is 0 Å². The van der Waals surface area contributed by atoms with Crippen LogP contribution in [0, 0.1) is 5.82 Å². The minimum absolute atomic E-state index is 0.244. The van der Waals surface area contributed by atoms with Crippen LogP contribution in [0.15, 0.2) is 30.5 Å². The fourth-order valence-corrected chi connectivity index (χ4v) is 2.68. The van der Waals surface area contributed by atoms with E-state index in [1.807, 2.05) is 4.90 Å². The zero-order valence-corrected chi connectivity index (χ0v) is 12.6. The number of H-pyrrole nitrogens is 1. The Morgan fingerprint density at radius 2 is 2.17 bits per heavy atom. The van der Waals surface area contributed by atoms with E-state index in [1.54, 1.807) is 18.2 Å². The number of anilines is 1. The molecule has 0 saturated carbocycles. The third-order valence-corrected chi connectivity index (χ3v) is 4.02. The van der Waals surface area contributed by atoms with Crippen molar-refractivity contribution in [1.29, 1.82) is 0 Å². The first-order valence-corrected chi connectivity index (χ1v) is 7.62. The van der Waals surface area contributed by atoms with Crippen LogP contribution in [0.2, 0.25) is 0 Å². The molecule has 0 unspecified atom stereocenters. The second-order valence-electron chi connectivity index (χ2n) is 5.66. The summed E-state index contributed by atoms with van der Waals surface area (Å²) in [5.74, 6) is -0.591. The first-order valence-electron chi connectivity index (χ1n) is 7.62. The van der Waals surface area contributed by atoms with E-state index in [9.17, 15) is 14.3 Å². The number of halogens is 1. The summed E-state index contributed by atoms with van der Waals surface area (Å²) in [4.78, 5) is 13.7. The summed E-state index contributed by atoms with van der Waals surface area (Å²) in [5, 5.41) is 18.5. The molecule has 1 aromatic carbocycles. The lowest BCUT2D eigenvalue weighted by Gasteiger charge is -2.31. The summed E-state index contributed by atoms with van der Waals surface area (Å²) in [6.07, 6.45) is 2.52. The van der Waals surface area contributed by atoms with Gasteiger partial charge in [0.25, 0.3) is 5.91 Å². The van der Waals surface area contributed by atoms with Crippen LogP contribution in [0.5, 0.6) is 0 Å². The number of rotatable bonds is 4. The molecule has 0 bridgehead atoms. The molecule has 1 amide bonds. The highest BCUT2D eigenvalue weighted by molar-refractivity contribution is 5.92. The number of nitrogens with zero attached hydrogens (tertiary/aromatic N) is 2. The van der Waals surface area contributed by atoms with Crippen LogP contribution >= 0.6 is 0 Å². The lowest BCUT2D eigenvalue weighted by atomic mass is 10.1. The Morgan fingerprint density at radius 1 is 1.39 bits per heavy atom. The van der Waals surface area contributed by atoms with Crippen LogP contribution in [0.4, 0.5) is 10.1 Å². The lowest BCUT2D eigenvalue weighted by molar-refractivity contribution is 0.0946. The molecule has 0 aliphatic carbocycles. The number of hydrogen-bond acceptors (Lipinski definition) is 4. The van der Waals surface area contributed by atoms with Crippen LogP contribution < -0.4 is 10.2 Å². The molecule has 1 aliphatic heterocycles. The van der Waals surface area contributed by atoms with Gasteiger partial charge in [-0.3, -0.25) is 9.89 Å². The molecule has 3 N–H and O–H groups in total. The van der Waals surface area contributed by atoms with Crippen molar-refractivity contribution in [3.63, 3.8) is 0 Å². The molecule has 1 aromatic heterocycles. The number of aliphatic hydroxyl groups excluding tert-OH is 1. The summed E-state index contributed by atoms with van der Waals surface area (Å²) in [5.41, 5.74) is 1.60. The Morgan fingerprint density at radius 3 is 2.83 bits per heavy atom. The number of nitrogens with one attached hydrogen (secondary N) is 2. The Hall–Kier alpha value is -2.41. The maximum atomic E-state index is 14.3. The van der Waals surface area contributed by atoms with Gasteiger partial charge in [-0.05, 0) is 36.6 Å². The number of hydrogen-bond donors (Lipinski definition) is 3. The largest absolute Gasteiger partial charge is 0.393 e. The minimum Gasteiger partial charge on any atom is -0.393 e. The maximum Gasteiger partial charge on any atom is 0.269 e. The van der Waals surface area contributed by atoms with Crippen molar-refractivity contribution in [2.24, 2.45) is 0 Å². The molecule has 1 saturated heterocycles. The number of amides is 1. The van der Waals surface area contributed by atoms with Gasteiger partial charge >= 0.3 is 0 Å². The zero-order chi connectivity index (χ0) is 16.2.